The highest BCUT2D eigenvalue weighted by molar-refractivity contribution is 5.89. The Labute approximate surface area is 225 Å². The van der Waals surface area contributed by atoms with Crippen molar-refractivity contribution in [2.24, 2.45) is 46.3 Å². The number of carbonyl (C=O) groups is 1. The van der Waals surface area contributed by atoms with Crippen LogP contribution in [0.2, 0.25) is 0 Å². The number of carbonyl (C=O) groups excluding carboxylic acids is 1. The summed E-state index contributed by atoms with van der Waals surface area (Å²) in [5.41, 5.74) is 2.43. The van der Waals surface area contributed by atoms with Gasteiger partial charge in [0.05, 0.1) is 11.7 Å². The third-order valence-electron chi connectivity index (χ3n) is 11.5. The summed E-state index contributed by atoms with van der Waals surface area (Å²) in [6.45, 7) is 12.2. The van der Waals surface area contributed by atoms with Gasteiger partial charge in [-0.1, -0.05) is 77.7 Å². The van der Waals surface area contributed by atoms with Gasteiger partial charge in [0, 0.05) is 5.92 Å². The van der Waals surface area contributed by atoms with Crippen molar-refractivity contribution < 1.29 is 14.6 Å². The van der Waals surface area contributed by atoms with Crippen LogP contribution in [0.1, 0.15) is 109 Å². The van der Waals surface area contributed by atoms with E-state index in [1.54, 1.807) is 0 Å². The molecule has 0 bridgehead atoms. The van der Waals surface area contributed by atoms with E-state index < -0.39 is 0 Å². The second kappa shape index (κ2) is 10.5. The first-order valence-electron chi connectivity index (χ1n) is 15.3. The van der Waals surface area contributed by atoms with E-state index in [2.05, 4.69) is 40.7 Å². The molecule has 4 aliphatic carbocycles. The SMILES string of the molecule is CC(C)CCC[C@@H](C)[C@@H]1CC[C@@H]2[C@@H]3[C@@H](CC[C@]21C)[C@@]1(C)CC[C@H](O)CC1=C[C@H]3OC(=O)c1ccccc1. The normalized spacial score (nSPS) is 39.8. The minimum Gasteiger partial charge on any atom is -0.454 e. The number of aliphatic hydroxyl groups excluding tert-OH is 1. The van der Waals surface area contributed by atoms with Crippen molar-refractivity contribution in [3.05, 3.63) is 47.5 Å². The number of ether oxygens (including phenoxy) is 1. The monoisotopic (exact) mass is 506 g/mol. The van der Waals surface area contributed by atoms with Crippen LogP contribution < -0.4 is 0 Å². The third-order valence-corrected chi connectivity index (χ3v) is 11.5. The lowest BCUT2D eigenvalue weighted by Gasteiger charge is -2.59. The molecule has 3 fully saturated rings. The van der Waals surface area contributed by atoms with Gasteiger partial charge in [-0.05, 0) is 104 Å². The molecule has 0 saturated heterocycles. The maximum absolute atomic E-state index is 13.3. The van der Waals surface area contributed by atoms with Crippen LogP contribution in [0.3, 0.4) is 0 Å². The van der Waals surface area contributed by atoms with E-state index >= 15 is 0 Å². The molecule has 3 heteroatoms. The van der Waals surface area contributed by atoms with Crippen LogP contribution in [0.5, 0.6) is 0 Å². The first-order valence-corrected chi connectivity index (χ1v) is 15.3. The molecule has 0 amide bonds. The predicted molar refractivity (Wildman–Crippen MR) is 150 cm³/mol. The summed E-state index contributed by atoms with van der Waals surface area (Å²) in [6.07, 6.45) is 13.6. The molecule has 5 rings (SSSR count). The highest BCUT2D eigenvalue weighted by Crippen LogP contribution is 2.67. The van der Waals surface area contributed by atoms with Crippen molar-refractivity contribution in [3.8, 4) is 0 Å². The van der Waals surface area contributed by atoms with Crippen LogP contribution in [0.15, 0.2) is 42.0 Å². The largest absolute Gasteiger partial charge is 0.454 e. The Bertz CT molecular complexity index is 982. The summed E-state index contributed by atoms with van der Waals surface area (Å²) in [4.78, 5) is 13.3. The Hall–Kier alpha value is -1.61. The van der Waals surface area contributed by atoms with E-state index in [4.69, 9.17) is 4.74 Å². The average molecular weight is 507 g/mol. The molecule has 37 heavy (non-hydrogen) atoms. The van der Waals surface area contributed by atoms with Crippen LogP contribution in [0.25, 0.3) is 0 Å². The van der Waals surface area contributed by atoms with Crippen molar-refractivity contribution >= 4 is 5.97 Å². The van der Waals surface area contributed by atoms with E-state index in [-0.39, 0.29) is 23.6 Å². The topological polar surface area (TPSA) is 46.5 Å². The fourth-order valence-electron chi connectivity index (χ4n) is 9.51. The van der Waals surface area contributed by atoms with Gasteiger partial charge in [0.1, 0.15) is 6.10 Å². The molecule has 204 valence electrons. The number of aliphatic hydroxyl groups is 1. The zero-order valence-electron chi connectivity index (χ0n) is 23.9. The molecule has 0 radical (unpaired) electrons. The van der Waals surface area contributed by atoms with Crippen LogP contribution in [0.4, 0.5) is 0 Å². The molecule has 4 aliphatic rings. The lowest BCUT2D eigenvalue weighted by Crippen LogP contribution is -2.55. The van der Waals surface area contributed by atoms with Crippen LogP contribution in [0, 0.1) is 46.3 Å². The van der Waals surface area contributed by atoms with Crippen molar-refractivity contribution in [1.82, 2.24) is 0 Å². The van der Waals surface area contributed by atoms with Crippen LogP contribution in [-0.4, -0.2) is 23.3 Å². The molecular formula is C34H50O3. The van der Waals surface area contributed by atoms with Crippen molar-refractivity contribution in [2.75, 3.05) is 0 Å². The highest BCUT2D eigenvalue weighted by atomic mass is 16.5. The van der Waals surface area contributed by atoms with Crippen molar-refractivity contribution in [2.45, 2.75) is 111 Å². The molecule has 3 nitrogen and oxygen atoms in total. The molecule has 1 aromatic rings. The number of fused-ring (bicyclic) bond motifs is 5. The fourth-order valence-corrected chi connectivity index (χ4v) is 9.51. The van der Waals surface area contributed by atoms with Gasteiger partial charge < -0.3 is 9.84 Å². The number of hydrogen-bond acceptors (Lipinski definition) is 3. The first-order chi connectivity index (χ1) is 17.6. The molecule has 0 unspecified atom stereocenters. The quantitative estimate of drug-likeness (QED) is 0.299. The van der Waals surface area contributed by atoms with E-state index in [1.165, 1.54) is 50.5 Å². The maximum atomic E-state index is 13.3. The number of hydrogen-bond donors (Lipinski definition) is 1. The molecule has 0 aromatic heterocycles. The zero-order chi connectivity index (χ0) is 26.4. The summed E-state index contributed by atoms with van der Waals surface area (Å²) < 4.78 is 6.42. The van der Waals surface area contributed by atoms with Gasteiger partial charge in [0.25, 0.3) is 0 Å². The lowest BCUT2D eigenvalue weighted by atomic mass is 9.46. The van der Waals surface area contributed by atoms with Gasteiger partial charge in [0.2, 0.25) is 0 Å². The van der Waals surface area contributed by atoms with Crippen LogP contribution in [-0.2, 0) is 4.74 Å². The first kappa shape index (κ1) is 27.0. The van der Waals surface area contributed by atoms with Gasteiger partial charge in [-0.2, -0.15) is 0 Å². The fraction of sp³-hybridized carbons (Fsp3) is 0.735. The second-order valence-electron chi connectivity index (χ2n) is 14.1. The van der Waals surface area contributed by atoms with E-state index in [9.17, 15) is 9.90 Å². The molecule has 9 atom stereocenters. The Kier molecular flexibility index (Phi) is 7.66. The minimum atomic E-state index is -0.266. The van der Waals surface area contributed by atoms with Crippen molar-refractivity contribution in [1.29, 1.82) is 0 Å². The van der Waals surface area contributed by atoms with Gasteiger partial charge in [0.15, 0.2) is 0 Å². The number of rotatable bonds is 7. The number of esters is 1. The van der Waals surface area contributed by atoms with Gasteiger partial charge in [-0.3, -0.25) is 0 Å². The Morgan fingerprint density at radius 3 is 2.49 bits per heavy atom. The molecule has 1 aromatic carbocycles. The Balaban J connectivity index is 1.44. The molecule has 0 heterocycles. The molecule has 0 spiro atoms. The van der Waals surface area contributed by atoms with E-state index in [0.29, 0.717) is 28.7 Å². The average Bonchev–Trinajstić information content (AvgIpc) is 3.22. The van der Waals surface area contributed by atoms with E-state index in [1.807, 2.05) is 30.3 Å². The summed E-state index contributed by atoms with van der Waals surface area (Å²) >= 11 is 0. The summed E-state index contributed by atoms with van der Waals surface area (Å²) in [6, 6.07) is 9.48. The van der Waals surface area contributed by atoms with Crippen molar-refractivity contribution in [3.63, 3.8) is 0 Å². The summed E-state index contributed by atoms with van der Waals surface area (Å²) in [7, 11) is 0. The third kappa shape index (κ3) is 4.95. The molecule has 1 N–H and O–H groups in total. The smallest absolute Gasteiger partial charge is 0.338 e. The highest BCUT2D eigenvalue weighted by Gasteiger charge is 2.62. The minimum absolute atomic E-state index is 0.127. The molecule has 0 aliphatic heterocycles. The Morgan fingerprint density at radius 2 is 1.76 bits per heavy atom. The van der Waals surface area contributed by atoms with Crippen LogP contribution >= 0.6 is 0 Å². The summed E-state index contributed by atoms with van der Waals surface area (Å²) in [5.74, 6) is 3.61. The van der Waals surface area contributed by atoms with Gasteiger partial charge >= 0.3 is 5.97 Å². The molecular weight excluding hydrogens is 456 g/mol. The summed E-state index contributed by atoms with van der Waals surface area (Å²) in [5, 5.41) is 10.5. The zero-order valence-corrected chi connectivity index (χ0v) is 23.9. The Morgan fingerprint density at radius 1 is 1.00 bits per heavy atom. The predicted octanol–water partition coefficient (Wildman–Crippen LogP) is 8.22. The molecule has 3 saturated carbocycles. The van der Waals surface area contributed by atoms with Gasteiger partial charge in [-0.25, -0.2) is 4.79 Å². The van der Waals surface area contributed by atoms with E-state index in [0.717, 1.165) is 37.0 Å². The second-order valence-corrected chi connectivity index (χ2v) is 14.1. The standard InChI is InChI=1S/C34H50O3/c1-22(2)10-9-11-23(3)27-14-15-28-31-29(17-19-34(27,28)5)33(4)18-16-26(35)20-25(33)21-30(31)37-32(36)24-12-7-6-8-13-24/h6-8,12-13,21-23,26-31,35H,9-11,14-20H2,1-5H3/t23-,26+,27+,28-,29-,30-,31-,33+,34+/m1/s1. The maximum Gasteiger partial charge on any atom is 0.338 e. The van der Waals surface area contributed by atoms with Gasteiger partial charge in [-0.15, -0.1) is 0 Å². The number of benzene rings is 1. The lowest BCUT2D eigenvalue weighted by molar-refractivity contribution is -0.101.